The van der Waals surface area contributed by atoms with Gasteiger partial charge in [0, 0.05) is 25.4 Å². The number of hydrogen-bond acceptors (Lipinski definition) is 3. The van der Waals surface area contributed by atoms with Gasteiger partial charge in [-0.1, -0.05) is 20.8 Å². The number of carbonyl (C=O) groups is 1. The van der Waals surface area contributed by atoms with Crippen molar-refractivity contribution in [1.82, 2.24) is 10.3 Å². The van der Waals surface area contributed by atoms with Gasteiger partial charge >= 0.3 is 0 Å². The van der Waals surface area contributed by atoms with Crippen molar-refractivity contribution in [1.29, 1.82) is 0 Å². The fourth-order valence-electron chi connectivity index (χ4n) is 1.26. The summed E-state index contributed by atoms with van der Waals surface area (Å²) in [5, 5.41) is 5.86. The van der Waals surface area contributed by atoms with E-state index in [4.69, 9.17) is 0 Å². The van der Waals surface area contributed by atoms with Gasteiger partial charge < -0.3 is 10.6 Å². The SMILES string of the molecule is CCC(C)(C)CNC(=O)c1ccnc(NC)c1. The minimum absolute atomic E-state index is 0.0505. The van der Waals surface area contributed by atoms with E-state index in [1.54, 1.807) is 25.4 Å². The van der Waals surface area contributed by atoms with Crippen molar-refractivity contribution in [2.45, 2.75) is 27.2 Å². The van der Waals surface area contributed by atoms with Crippen LogP contribution in [0.4, 0.5) is 5.82 Å². The first kappa shape index (κ1) is 13.5. The van der Waals surface area contributed by atoms with Gasteiger partial charge in [0.05, 0.1) is 0 Å². The van der Waals surface area contributed by atoms with Crippen LogP contribution < -0.4 is 10.6 Å². The molecule has 0 radical (unpaired) electrons. The van der Waals surface area contributed by atoms with Crippen molar-refractivity contribution >= 4 is 11.7 Å². The summed E-state index contributed by atoms with van der Waals surface area (Å²) in [4.78, 5) is 16.0. The molecule has 0 fully saturated rings. The lowest BCUT2D eigenvalue weighted by Crippen LogP contribution is -2.33. The monoisotopic (exact) mass is 235 g/mol. The molecular formula is C13H21N3O. The molecule has 0 unspecified atom stereocenters. The average molecular weight is 235 g/mol. The molecule has 0 bridgehead atoms. The summed E-state index contributed by atoms with van der Waals surface area (Å²) in [7, 11) is 1.78. The Morgan fingerprint density at radius 3 is 2.76 bits per heavy atom. The molecule has 1 amide bonds. The lowest BCUT2D eigenvalue weighted by Gasteiger charge is -2.22. The lowest BCUT2D eigenvalue weighted by atomic mass is 9.90. The fourth-order valence-corrected chi connectivity index (χ4v) is 1.26. The molecule has 0 atom stereocenters. The van der Waals surface area contributed by atoms with E-state index in [1.165, 1.54) is 0 Å². The van der Waals surface area contributed by atoms with Crippen LogP contribution in [0.15, 0.2) is 18.3 Å². The first-order valence-corrected chi connectivity index (χ1v) is 5.90. The Morgan fingerprint density at radius 2 is 2.18 bits per heavy atom. The van der Waals surface area contributed by atoms with Crippen LogP contribution in [-0.4, -0.2) is 24.5 Å². The number of aromatic nitrogens is 1. The summed E-state index contributed by atoms with van der Waals surface area (Å²) in [6.07, 6.45) is 2.66. The van der Waals surface area contributed by atoms with Gasteiger partial charge in [0.15, 0.2) is 0 Å². The molecule has 0 saturated carbocycles. The van der Waals surface area contributed by atoms with Crippen LogP contribution in [0.1, 0.15) is 37.6 Å². The maximum atomic E-state index is 11.9. The summed E-state index contributed by atoms with van der Waals surface area (Å²) in [6, 6.07) is 3.46. The zero-order chi connectivity index (χ0) is 12.9. The van der Waals surface area contributed by atoms with Crippen LogP contribution >= 0.6 is 0 Å². The van der Waals surface area contributed by atoms with Crippen molar-refractivity contribution in [3.8, 4) is 0 Å². The second-order valence-corrected chi connectivity index (χ2v) is 4.88. The minimum atomic E-state index is -0.0505. The highest BCUT2D eigenvalue weighted by Crippen LogP contribution is 2.18. The first-order chi connectivity index (χ1) is 7.98. The molecular weight excluding hydrogens is 214 g/mol. The van der Waals surface area contributed by atoms with Gasteiger partial charge in [0.25, 0.3) is 5.91 Å². The molecule has 1 aromatic rings. The average Bonchev–Trinajstić information content (AvgIpc) is 2.36. The van der Waals surface area contributed by atoms with E-state index in [2.05, 4.69) is 36.4 Å². The van der Waals surface area contributed by atoms with E-state index < -0.39 is 0 Å². The number of hydrogen-bond donors (Lipinski definition) is 2. The second-order valence-electron chi connectivity index (χ2n) is 4.88. The molecule has 2 N–H and O–H groups in total. The van der Waals surface area contributed by atoms with Crippen molar-refractivity contribution in [2.75, 3.05) is 18.9 Å². The van der Waals surface area contributed by atoms with Gasteiger partial charge in [0.1, 0.15) is 5.82 Å². The highest BCUT2D eigenvalue weighted by atomic mass is 16.1. The number of carbonyl (C=O) groups excluding carboxylic acids is 1. The quantitative estimate of drug-likeness (QED) is 0.823. The third-order valence-corrected chi connectivity index (χ3v) is 2.96. The highest BCUT2D eigenvalue weighted by molar-refractivity contribution is 5.94. The summed E-state index contributed by atoms with van der Waals surface area (Å²) < 4.78 is 0. The van der Waals surface area contributed by atoms with Gasteiger partial charge in [-0.3, -0.25) is 4.79 Å². The maximum absolute atomic E-state index is 11.9. The predicted octanol–water partition coefficient (Wildman–Crippen LogP) is 2.29. The molecule has 0 aliphatic heterocycles. The van der Waals surface area contributed by atoms with E-state index in [0.29, 0.717) is 17.9 Å². The molecule has 4 heteroatoms. The Kier molecular flexibility index (Phi) is 4.49. The van der Waals surface area contributed by atoms with E-state index in [0.717, 1.165) is 6.42 Å². The lowest BCUT2D eigenvalue weighted by molar-refractivity contribution is 0.0935. The van der Waals surface area contributed by atoms with E-state index in [1.807, 2.05) is 0 Å². The Balaban J connectivity index is 2.64. The molecule has 1 rings (SSSR count). The summed E-state index contributed by atoms with van der Waals surface area (Å²) in [5.41, 5.74) is 0.769. The van der Waals surface area contributed by atoms with Crippen LogP contribution in [0.2, 0.25) is 0 Å². The molecule has 94 valence electrons. The fraction of sp³-hybridized carbons (Fsp3) is 0.538. The van der Waals surface area contributed by atoms with Gasteiger partial charge in [0.2, 0.25) is 0 Å². The maximum Gasteiger partial charge on any atom is 0.251 e. The Hall–Kier alpha value is -1.58. The minimum Gasteiger partial charge on any atom is -0.373 e. The third kappa shape index (κ3) is 4.06. The Morgan fingerprint density at radius 1 is 1.47 bits per heavy atom. The zero-order valence-corrected chi connectivity index (χ0v) is 11.0. The highest BCUT2D eigenvalue weighted by Gasteiger charge is 2.16. The first-order valence-electron chi connectivity index (χ1n) is 5.90. The number of nitrogens with one attached hydrogen (secondary N) is 2. The largest absolute Gasteiger partial charge is 0.373 e. The van der Waals surface area contributed by atoms with Crippen LogP contribution in [0, 0.1) is 5.41 Å². The molecule has 0 spiro atoms. The normalized spacial score (nSPS) is 11.1. The molecule has 1 heterocycles. The predicted molar refractivity (Wildman–Crippen MR) is 70.2 cm³/mol. The zero-order valence-electron chi connectivity index (χ0n) is 11.0. The van der Waals surface area contributed by atoms with Gasteiger partial charge in [-0.2, -0.15) is 0 Å². The van der Waals surface area contributed by atoms with Crippen molar-refractivity contribution in [3.05, 3.63) is 23.9 Å². The van der Waals surface area contributed by atoms with Crippen LogP contribution in [0.25, 0.3) is 0 Å². The number of amides is 1. The second kappa shape index (κ2) is 5.66. The molecule has 4 nitrogen and oxygen atoms in total. The molecule has 0 aromatic carbocycles. The van der Waals surface area contributed by atoms with Crippen molar-refractivity contribution in [2.24, 2.45) is 5.41 Å². The summed E-state index contributed by atoms with van der Waals surface area (Å²) in [5.74, 6) is 0.651. The van der Waals surface area contributed by atoms with E-state index in [9.17, 15) is 4.79 Å². The van der Waals surface area contributed by atoms with Gasteiger partial charge in [-0.15, -0.1) is 0 Å². The Labute approximate surface area is 103 Å². The molecule has 1 aromatic heterocycles. The van der Waals surface area contributed by atoms with Crippen molar-refractivity contribution in [3.63, 3.8) is 0 Å². The molecule has 0 aliphatic carbocycles. The van der Waals surface area contributed by atoms with Crippen LogP contribution in [0.3, 0.4) is 0 Å². The Bertz CT molecular complexity index is 388. The summed E-state index contributed by atoms with van der Waals surface area (Å²) in [6.45, 7) is 7.08. The molecule has 0 saturated heterocycles. The van der Waals surface area contributed by atoms with Gasteiger partial charge in [-0.05, 0) is 24.0 Å². The molecule has 0 aliphatic rings. The number of anilines is 1. The molecule has 17 heavy (non-hydrogen) atoms. The number of rotatable bonds is 5. The number of nitrogens with zero attached hydrogens (tertiary/aromatic N) is 1. The standard InChI is InChI=1S/C13H21N3O/c1-5-13(2,3)9-16-12(17)10-6-7-15-11(8-10)14-4/h6-8H,5,9H2,1-4H3,(H,14,15)(H,16,17). The van der Waals surface area contributed by atoms with Gasteiger partial charge in [-0.25, -0.2) is 4.98 Å². The topological polar surface area (TPSA) is 54.0 Å². The van der Waals surface area contributed by atoms with Crippen LogP contribution in [0.5, 0.6) is 0 Å². The smallest absolute Gasteiger partial charge is 0.251 e. The van der Waals surface area contributed by atoms with E-state index in [-0.39, 0.29) is 11.3 Å². The third-order valence-electron chi connectivity index (χ3n) is 2.96. The number of pyridine rings is 1. The van der Waals surface area contributed by atoms with Crippen LogP contribution in [-0.2, 0) is 0 Å². The van der Waals surface area contributed by atoms with E-state index >= 15 is 0 Å². The summed E-state index contributed by atoms with van der Waals surface area (Å²) >= 11 is 0. The van der Waals surface area contributed by atoms with Crippen molar-refractivity contribution < 1.29 is 4.79 Å².